The zero-order chi connectivity index (χ0) is 16.1. The molecule has 0 saturated heterocycles. The van der Waals surface area contributed by atoms with E-state index in [9.17, 15) is 14.4 Å². The lowest BCUT2D eigenvalue weighted by molar-refractivity contribution is -0.133. The molecule has 114 valence electrons. The second-order valence-corrected chi connectivity index (χ2v) is 4.30. The summed E-state index contributed by atoms with van der Waals surface area (Å²) in [6, 6.07) is 7.40. The van der Waals surface area contributed by atoms with E-state index in [4.69, 9.17) is 4.52 Å². The van der Waals surface area contributed by atoms with Gasteiger partial charge in [-0.1, -0.05) is 5.16 Å². The summed E-state index contributed by atoms with van der Waals surface area (Å²) < 4.78 is 9.33. The van der Waals surface area contributed by atoms with Crippen LogP contribution < -0.4 is 10.6 Å². The van der Waals surface area contributed by atoms with Crippen molar-refractivity contribution in [1.82, 2.24) is 5.16 Å². The van der Waals surface area contributed by atoms with Crippen LogP contribution in [0.25, 0.3) is 0 Å². The normalized spacial score (nSPS) is 9.91. The van der Waals surface area contributed by atoms with Gasteiger partial charge in [-0.05, 0) is 31.2 Å². The Morgan fingerprint density at radius 3 is 2.27 bits per heavy atom. The van der Waals surface area contributed by atoms with Crippen LogP contribution in [0.3, 0.4) is 0 Å². The van der Waals surface area contributed by atoms with Gasteiger partial charge in [0.15, 0.2) is 5.82 Å². The summed E-state index contributed by atoms with van der Waals surface area (Å²) in [5, 5.41) is 8.23. The lowest BCUT2D eigenvalue weighted by Crippen LogP contribution is -2.29. The maximum Gasteiger partial charge on any atom is 0.337 e. The van der Waals surface area contributed by atoms with Crippen LogP contribution in [0, 0.1) is 6.92 Å². The fourth-order valence-electron chi connectivity index (χ4n) is 1.59. The number of hydrogen-bond acceptors (Lipinski definition) is 6. The van der Waals surface area contributed by atoms with Crippen LogP contribution >= 0.6 is 0 Å². The number of methoxy groups -OCH3 is 1. The molecule has 1 heterocycles. The molecule has 8 nitrogen and oxygen atoms in total. The molecule has 1 aromatic carbocycles. The number of benzene rings is 1. The van der Waals surface area contributed by atoms with E-state index in [0.29, 0.717) is 17.0 Å². The van der Waals surface area contributed by atoms with Crippen molar-refractivity contribution >= 4 is 29.3 Å². The Morgan fingerprint density at radius 2 is 1.73 bits per heavy atom. The molecule has 0 aliphatic heterocycles. The molecular formula is C14H13N3O5. The summed E-state index contributed by atoms with van der Waals surface area (Å²) in [6.07, 6.45) is 0. The summed E-state index contributed by atoms with van der Waals surface area (Å²) in [5.41, 5.74) is 0.701. The predicted octanol–water partition coefficient (Wildman–Crippen LogP) is 1.35. The summed E-state index contributed by atoms with van der Waals surface area (Å²) in [5.74, 6) is -1.58. The van der Waals surface area contributed by atoms with E-state index in [1.807, 2.05) is 0 Å². The molecule has 0 aliphatic carbocycles. The average molecular weight is 303 g/mol. The Bertz CT molecular complexity index is 706. The highest BCUT2D eigenvalue weighted by molar-refractivity contribution is 6.43. The van der Waals surface area contributed by atoms with Crippen molar-refractivity contribution in [3.8, 4) is 0 Å². The molecule has 1 aromatic heterocycles. The number of rotatable bonds is 3. The first-order valence-corrected chi connectivity index (χ1v) is 6.23. The van der Waals surface area contributed by atoms with Gasteiger partial charge in [-0.25, -0.2) is 4.79 Å². The SMILES string of the molecule is COC(=O)c1ccc(NC(=O)C(=O)Nc2cc(C)on2)cc1. The van der Waals surface area contributed by atoms with Crippen molar-refractivity contribution in [1.29, 1.82) is 0 Å². The minimum Gasteiger partial charge on any atom is -0.465 e. The smallest absolute Gasteiger partial charge is 0.337 e. The average Bonchev–Trinajstić information content (AvgIpc) is 2.92. The number of ether oxygens (including phenoxy) is 1. The van der Waals surface area contributed by atoms with E-state index >= 15 is 0 Å². The number of nitrogens with zero attached hydrogens (tertiary/aromatic N) is 1. The quantitative estimate of drug-likeness (QED) is 0.654. The molecule has 0 atom stereocenters. The third-order valence-corrected chi connectivity index (χ3v) is 2.64. The summed E-state index contributed by atoms with van der Waals surface area (Å²) in [6.45, 7) is 1.66. The molecule has 0 saturated carbocycles. The Morgan fingerprint density at radius 1 is 1.09 bits per heavy atom. The number of aryl methyl sites for hydroxylation is 1. The molecule has 0 bridgehead atoms. The van der Waals surface area contributed by atoms with Crippen LogP contribution in [0.5, 0.6) is 0 Å². The highest BCUT2D eigenvalue weighted by atomic mass is 16.5. The third kappa shape index (κ3) is 3.69. The fraction of sp³-hybridized carbons (Fsp3) is 0.143. The molecule has 2 amide bonds. The Kier molecular flexibility index (Phi) is 4.52. The minimum atomic E-state index is -0.884. The topological polar surface area (TPSA) is 111 Å². The van der Waals surface area contributed by atoms with Crippen molar-refractivity contribution in [2.45, 2.75) is 6.92 Å². The van der Waals surface area contributed by atoms with Crippen molar-refractivity contribution in [3.63, 3.8) is 0 Å². The van der Waals surface area contributed by atoms with Crippen LogP contribution in [0.1, 0.15) is 16.1 Å². The van der Waals surface area contributed by atoms with E-state index in [0.717, 1.165) is 0 Å². The van der Waals surface area contributed by atoms with Crippen LogP contribution in [0.4, 0.5) is 11.5 Å². The predicted molar refractivity (Wildman–Crippen MR) is 76.3 cm³/mol. The van der Waals surface area contributed by atoms with E-state index in [-0.39, 0.29) is 5.82 Å². The number of anilines is 2. The lowest BCUT2D eigenvalue weighted by atomic mass is 10.2. The molecule has 0 spiro atoms. The van der Waals surface area contributed by atoms with E-state index in [2.05, 4.69) is 20.5 Å². The largest absolute Gasteiger partial charge is 0.465 e. The van der Waals surface area contributed by atoms with E-state index < -0.39 is 17.8 Å². The van der Waals surface area contributed by atoms with Crippen molar-refractivity contribution < 1.29 is 23.6 Å². The maximum absolute atomic E-state index is 11.7. The Hall–Kier alpha value is -3.16. The zero-order valence-corrected chi connectivity index (χ0v) is 11.9. The van der Waals surface area contributed by atoms with Gasteiger partial charge in [-0.15, -0.1) is 0 Å². The monoisotopic (exact) mass is 303 g/mol. The van der Waals surface area contributed by atoms with Gasteiger partial charge in [0.05, 0.1) is 12.7 Å². The first-order chi connectivity index (χ1) is 10.5. The summed E-state index contributed by atoms with van der Waals surface area (Å²) in [4.78, 5) is 34.7. The van der Waals surface area contributed by atoms with Gasteiger partial charge in [-0.3, -0.25) is 14.9 Å². The van der Waals surface area contributed by atoms with Crippen LogP contribution in [-0.4, -0.2) is 30.1 Å². The van der Waals surface area contributed by atoms with Gasteiger partial charge in [0.25, 0.3) is 0 Å². The molecule has 8 heteroatoms. The number of esters is 1. The summed E-state index contributed by atoms with van der Waals surface area (Å²) in [7, 11) is 1.27. The van der Waals surface area contributed by atoms with Gasteiger partial charge in [0.2, 0.25) is 0 Å². The first kappa shape index (κ1) is 15.2. The number of carbonyl (C=O) groups is 3. The molecule has 0 radical (unpaired) electrons. The third-order valence-electron chi connectivity index (χ3n) is 2.64. The molecule has 2 aromatic rings. The Balaban J connectivity index is 1.96. The van der Waals surface area contributed by atoms with Crippen LogP contribution in [-0.2, 0) is 14.3 Å². The van der Waals surface area contributed by atoms with Gasteiger partial charge < -0.3 is 14.6 Å². The molecule has 22 heavy (non-hydrogen) atoms. The maximum atomic E-state index is 11.7. The fourth-order valence-corrected chi connectivity index (χ4v) is 1.59. The molecule has 2 N–H and O–H groups in total. The molecule has 2 rings (SSSR count). The van der Waals surface area contributed by atoms with Crippen LogP contribution in [0.2, 0.25) is 0 Å². The minimum absolute atomic E-state index is 0.152. The highest BCUT2D eigenvalue weighted by Crippen LogP contribution is 2.11. The highest BCUT2D eigenvalue weighted by Gasteiger charge is 2.16. The number of amides is 2. The van der Waals surface area contributed by atoms with Gasteiger partial charge in [-0.2, -0.15) is 0 Å². The molecular weight excluding hydrogens is 290 g/mol. The Labute approximate surface area is 125 Å². The number of aromatic nitrogens is 1. The van der Waals surface area contributed by atoms with E-state index in [1.54, 1.807) is 6.92 Å². The second kappa shape index (κ2) is 6.53. The molecule has 0 unspecified atom stereocenters. The molecule has 0 aliphatic rings. The van der Waals surface area contributed by atoms with Crippen molar-refractivity contribution in [2.24, 2.45) is 0 Å². The van der Waals surface area contributed by atoms with Gasteiger partial charge >= 0.3 is 17.8 Å². The lowest BCUT2D eigenvalue weighted by Gasteiger charge is -2.05. The number of carbonyl (C=O) groups excluding carboxylic acids is 3. The van der Waals surface area contributed by atoms with Gasteiger partial charge in [0, 0.05) is 11.8 Å². The number of nitrogens with one attached hydrogen (secondary N) is 2. The first-order valence-electron chi connectivity index (χ1n) is 6.23. The van der Waals surface area contributed by atoms with Crippen LogP contribution in [0.15, 0.2) is 34.9 Å². The van der Waals surface area contributed by atoms with Crippen molar-refractivity contribution in [2.75, 3.05) is 17.7 Å². The second-order valence-electron chi connectivity index (χ2n) is 4.30. The zero-order valence-electron chi connectivity index (χ0n) is 11.9. The van der Waals surface area contributed by atoms with Crippen molar-refractivity contribution in [3.05, 3.63) is 41.7 Å². The number of hydrogen-bond donors (Lipinski definition) is 2. The molecule has 0 fully saturated rings. The summed E-state index contributed by atoms with van der Waals surface area (Å²) >= 11 is 0. The standard InChI is InChI=1S/C14H13N3O5/c1-8-7-11(17-22-8)16-13(19)12(18)15-10-5-3-9(4-6-10)14(20)21-2/h3-7H,1-2H3,(H,15,18)(H,16,17,19). The van der Waals surface area contributed by atoms with E-state index in [1.165, 1.54) is 37.4 Å². The van der Waals surface area contributed by atoms with Gasteiger partial charge in [0.1, 0.15) is 5.76 Å².